The molecule has 7 aliphatic rings. The molecule has 9 atom stereocenters. The second-order valence-corrected chi connectivity index (χ2v) is 15.0. The van der Waals surface area contributed by atoms with Crippen LogP contribution >= 0.6 is 0 Å². The van der Waals surface area contributed by atoms with Crippen molar-refractivity contribution in [3.63, 3.8) is 0 Å². The van der Waals surface area contributed by atoms with Crippen LogP contribution in [0.4, 0.5) is 0 Å². The van der Waals surface area contributed by atoms with Gasteiger partial charge in [-0.05, 0) is 97.0 Å². The van der Waals surface area contributed by atoms with Crippen molar-refractivity contribution < 1.29 is 34.4 Å². The van der Waals surface area contributed by atoms with Crippen molar-refractivity contribution >= 4 is 17.5 Å². The van der Waals surface area contributed by atoms with Crippen LogP contribution < -0.4 is 0 Å². The number of carbonyl (C=O) groups is 3. The van der Waals surface area contributed by atoms with Gasteiger partial charge in [0.15, 0.2) is 11.6 Å². The number of carbonyl (C=O) groups excluding carboxylic acids is 2. The molecule has 196 valence electrons. The van der Waals surface area contributed by atoms with Crippen LogP contribution in [0.1, 0.15) is 85.5 Å². The van der Waals surface area contributed by atoms with Crippen molar-refractivity contribution in [2.45, 2.75) is 108 Å². The maximum atomic E-state index is 13.6. The summed E-state index contributed by atoms with van der Waals surface area (Å²) in [5.41, 5.74) is -4.56. The summed E-state index contributed by atoms with van der Waals surface area (Å²) in [5, 5.41) is 34.4. The Kier molecular flexibility index (Phi) is 4.15. The third-order valence-electron chi connectivity index (χ3n) is 11.8. The lowest BCUT2D eigenvalue weighted by Gasteiger charge is -2.44. The van der Waals surface area contributed by atoms with Gasteiger partial charge in [-0.2, -0.15) is 0 Å². The minimum absolute atomic E-state index is 0.0625. The molecule has 0 aromatic rings. The number of ketones is 2. The number of fused-ring (bicyclic) bond motifs is 5. The van der Waals surface area contributed by atoms with Crippen LogP contribution in [0.25, 0.3) is 0 Å². The standard InChI is InChI=1S/C29H38O7/c1-24(2)7-14-9-26(34)13-19(30)16(20(26)17(14)11-24)5-6-27(35)21(31)22-28(36-22)10-15-8-25(3,4)12-18(15)29(27,28)23(32)33/h14-15,17-18,22,34-35H,5-13H2,1-4H3,(H,32,33). The van der Waals surface area contributed by atoms with Gasteiger partial charge in [-0.25, -0.2) is 0 Å². The van der Waals surface area contributed by atoms with E-state index in [0.29, 0.717) is 30.8 Å². The summed E-state index contributed by atoms with van der Waals surface area (Å²) in [4.78, 5) is 39.9. The molecule has 6 aliphatic carbocycles. The number of aliphatic hydroxyl groups is 2. The van der Waals surface area contributed by atoms with E-state index in [-0.39, 0.29) is 53.6 Å². The van der Waals surface area contributed by atoms with Gasteiger partial charge < -0.3 is 20.1 Å². The molecule has 1 heterocycles. The number of Topliss-reactive ketones (excluding diaryl/α,β-unsaturated/α-hetero) is 2. The maximum Gasteiger partial charge on any atom is 0.316 e. The Bertz CT molecular complexity index is 1170. The zero-order valence-corrected chi connectivity index (χ0v) is 21.7. The average molecular weight is 499 g/mol. The fourth-order valence-corrected chi connectivity index (χ4v) is 11.0. The highest BCUT2D eigenvalue weighted by Gasteiger charge is 2.94. The monoisotopic (exact) mass is 498 g/mol. The van der Waals surface area contributed by atoms with Gasteiger partial charge in [0.25, 0.3) is 0 Å². The van der Waals surface area contributed by atoms with Crippen molar-refractivity contribution in [3.05, 3.63) is 11.1 Å². The number of epoxide rings is 1. The van der Waals surface area contributed by atoms with E-state index in [2.05, 4.69) is 27.7 Å². The van der Waals surface area contributed by atoms with Crippen molar-refractivity contribution in [1.82, 2.24) is 0 Å². The molecule has 3 N–H and O–H groups in total. The number of aliphatic carboxylic acids is 1. The molecule has 7 heteroatoms. The van der Waals surface area contributed by atoms with E-state index in [1.807, 2.05) is 0 Å². The molecule has 0 radical (unpaired) electrons. The Hall–Kier alpha value is -1.57. The van der Waals surface area contributed by atoms with Crippen molar-refractivity contribution in [2.75, 3.05) is 0 Å². The normalized spacial score (nSPS) is 52.9. The fourth-order valence-electron chi connectivity index (χ4n) is 11.0. The molecule has 5 saturated carbocycles. The fraction of sp³-hybridized carbons (Fsp3) is 0.828. The molecule has 6 fully saturated rings. The highest BCUT2D eigenvalue weighted by atomic mass is 16.6. The number of allylic oxidation sites excluding steroid dienone is 1. The van der Waals surface area contributed by atoms with Crippen LogP contribution in [0.5, 0.6) is 0 Å². The van der Waals surface area contributed by atoms with E-state index >= 15 is 0 Å². The largest absolute Gasteiger partial charge is 0.481 e. The molecule has 9 unspecified atom stereocenters. The Morgan fingerprint density at radius 1 is 0.944 bits per heavy atom. The van der Waals surface area contributed by atoms with Crippen LogP contribution in [0, 0.1) is 39.9 Å². The number of hydrogen-bond acceptors (Lipinski definition) is 6. The van der Waals surface area contributed by atoms with Crippen LogP contribution in [0.3, 0.4) is 0 Å². The minimum Gasteiger partial charge on any atom is -0.481 e. The highest BCUT2D eigenvalue weighted by Crippen LogP contribution is 2.79. The Labute approximate surface area is 211 Å². The molecule has 7 nitrogen and oxygen atoms in total. The van der Waals surface area contributed by atoms with Crippen molar-refractivity contribution in [1.29, 1.82) is 0 Å². The SMILES string of the molecule is CC1(C)CC2CC3(O)CC(=O)C(CCC4(O)C(=O)C5OC56CC5CC(C)(C)CC5C46C(=O)O)=C3C2C1. The molecule has 36 heavy (non-hydrogen) atoms. The predicted octanol–water partition coefficient (Wildman–Crippen LogP) is 3.20. The van der Waals surface area contributed by atoms with E-state index in [1.54, 1.807) is 0 Å². The summed E-state index contributed by atoms with van der Waals surface area (Å²) < 4.78 is 5.89. The van der Waals surface area contributed by atoms with Gasteiger partial charge in [-0.3, -0.25) is 14.4 Å². The van der Waals surface area contributed by atoms with Crippen LogP contribution in [-0.2, 0) is 19.1 Å². The lowest BCUT2D eigenvalue weighted by molar-refractivity contribution is -0.191. The zero-order chi connectivity index (χ0) is 25.8. The minimum atomic E-state index is -2.08. The zero-order valence-electron chi connectivity index (χ0n) is 21.7. The molecule has 1 spiro atoms. The van der Waals surface area contributed by atoms with Gasteiger partial charge in [0.05, 0.1) is 5.60 Å². The Morgan fingerprint density at radius 3 is 2.31 bits per heavy atom. The summed E-state index contributed by atoms with van der Waals surface area (Å²) in [6, 6.07) is 0. The van der Waals surface area contributed by atoms with Gasteiger partial charge in [0.2, 0.25) is 0 Å². The summed E-state index contributed by atoms with van der Waals surface area (Å²) in [7, 11) is 0. The van der Waals surface area contributed by atoms with Gasteiger partial charge in [0, 0.05) is 6.42 Å². The number of carboxylic acids is 1. The topological polar surface area (TPSA) is 124 Å². The average Bonchev–Trinajstić information content (AvgIpc) is 2.90. The van der Waals surface area contributed by atoms with E-state index in [0.717, 1.165) is 24.8 Å². The first-order valence-electron chi connectivity index (χ1n) is 13.8. The summed E-state index contributed by atoms with van der Waals surface area (Å²) in [5.74, 6) is -1.55. The van der Waals surface area contributed by atoms with E-state index in [4.69, 9.17) is 4.74 Å². The second-order valence-electron chi connectivity index (χ2n) is 15.0. The van der Waals surface area contributed by atoms with E-state index < -0.39 is 40.1 Å². The predicted molar refractivity (Wildman–Crippen MR) is 128 cm³/mol. The quantitative estimate of drug-likeness (QED) is 0.509. The third-order valence-corrected chi connectivity index (χ3v) is 11.8. The lowest BCUT2D eigenvalue weighted by Crippen LogP contribution is -2.61. The molecular weight excluding hydrogens is 460 g/mol. The van der Waals surface area contributed by atoms with Gasteiger partial charge in [-0.1, -0.05) is 27.7 Å². The number of hydrogen-bond donors (Lipinski definition) is 3. The van der Waals surface area contributed by atoms with Crippen molar-refractivity contribution in [2.24, 2.45) is 39.9 Å². The molecular formula is C29H38O7. The molecule has 1 saturated heterocycles. The molecule has 0 aromatic heterocycles. The number of ether oxygens (including phenoxy) is 1. The van der Waals surface area contributed by atoms with Crippen LogP contribution in [0.2, 0.25) is 0 Å². The summed E-state index contributed by atoms with van der Waals surface area (Å²) in [6.45, 7) is 8.70. The molecule has 0 bridgehead atoms. The van der Waals surface area contributed by atoms with Crippen LogP contribution in [0.15, 0.2) is 11.1 Å². The number of rotatable bonds is 4. The third kappa shape index (κ3) is 2.45. The first kappa shape index (κ1) is 23.5. The first-order valence-corrected chi connectivity index (χ1v) is 13.8. The van der Waals surface area contributed by atoms with Gasteiger partial charge >= 0.3 is 5.97 Å². The smallest absolute Gasteiger partial charge is 0.316 e. The molecule has 0 aromatic carbocycles. The maximum absolute atomic E-state index is 13.6. The Balaban J connectivity index is 1.28. The lowest BCUT2D eigenvalue weighted by atomic mass is 9.60. The summed E-state index contributed by atoms with van der Waals surface area (Å²) >= 11 is 0. The molecule has 7 rings (SSSR count). The Morgan fingerprint density at radius 2 is 1.61 bits per heavy atom. The molecule has 1 aliphatic heterocycles. The van der Waals surface area contributed by atoms with E-state index in [9.17, 15) is 29.7 Å². The highest BCUT2D eigenvalue weighted by molar-refractivity contribution is 6.07. The van der Waals surface area contributed by atoms with Crippen molar-refractivity contribution in [3.8, 4) is 0 Å². The summed E-state index contributed by atoms with van der Waals surface area (Å²) in [6.07, 6.45) is 3.71. The second kappa shape index (κ2) is 6.35. The van der Waals surface area contributed by atoms with E-state index in [1.165, 1.54) is 0 Å². The first-order chi connectivity index (χ1) is 16.6. The van der Waals surface area contributed by atoms with Gasteiger partial charge in [0.1, 0.15) is 22.7 Å². The van der Waals surface area contributed by atoms with Gasteiger partial charge in [-0.15, -0.1) is 0 Å². The van der Waals surface area contributed by atoms with Crippen LogP contribution in [-0.4, -0.2) is 55.8 Å². The molecule has 0 amide bonds. The number of carboxylic acid groups (broad SMARTS) is 1.